The van der Waals surface area contributed by atoms with Gasteiger partial charge in [0.05, 0.1) is 11.3 Å². The Bertz CT molecular complexity index is 459. The SMILES string of the molecule is O=C1N=C2C=C(C(F)(F)F)C=CC2C(=O)O1. The van der Waals surface area contributed by atoms with Crippen molar-refractivity contribution in [1.29, 1.82) is 0 Å². The molecule has 4 nitrogen and oxygen atoms in total. The molecule has 1 aliphatic carbocycles. The van der Waals surface area contributed by atoms with Crippen LogP contribution >= 0.6 is 0 Å². The van der Waals surface area contributed by atoms with Crippen molar-refractivity contribution in [2.45, 2.75) is 6.18 Å². The first kappa shape index (κ1) is 10.6. The number of aliphatic imine (C=N–C) groups is 1. The second-order valence-corrected chi connectivity index (χ2v) is 3.16. The average Bonchev–Trinajstić information content (AvgIpc) is 2.15. The van der Waals surface area contributed by atoms with Crippen molar-refractivity contribution in [3.05, 3.63) is 23.8 Å². The number of halogens is 3. The number of esters is 1. The van der Waals surface area contributed by atoms with Crippen LogP contribution in [-0.4, -0.2) is 24.0 Å². The first-order valence-corrected chi connectivity index (χ1v) is 4.19. The number of ether oxygens (including phenoxy) is 1. The van der Waals surface area contributed by atoms with E-state index in [1.807, 2.05) is 0 Å². The lowest BCUT2D eigenvalue weighted by Gasteiger charge is -2.20. The molecule has 16 heavy (non-hydrogen) atoms. The molecule has 0 radical (unpaired) electrons. The van der Waals surface area contributed by atoms with Crippen molar-refractivity contribution >= 4 is 17.8 Å². The van der Waals surface area contributed by atoms with Crippen LogP contribution in [0.2, 0.25) is 0 Å². The predicted octanol–water partition coefficient (Wildman–Crippen LogP) is 1.78. The smallest absolute Gasteiger partial charge is 0.374 e. The molecule has 0 aromatic rings. The molecule has 1 aliphatic heterocycles. The van der Waals surface area contributed by atoms with Gasteiger partial charge in [0.2, 0.25) is 0 Å². The number of fused-ring (bicyclic) bond motifs is 1. The van der Waals surface area contributed by atoms with Crippen molar-refractivity contribution < 1.29 is 27.5 Å². The fourth-order valence-electron chi connectivity index (χ4n) is 1.35. The molecule has 1 heterocycles. The highest BCUT2D eigenvalue weighted by Crippen LogP contribution is 2.31. The summed E-state index contributed by atoms with van der Waals surface area (Å²) in [5.74, 6) is -1.94. The van der Waals surface area contributed by atoms with Gasteiger partial charge in [-0.25, -0.2) is 4.79 Å². The number of nitrogens with zero attached hydrogens (tertiary/aromatic N) is 1. The number of cyclic esters (lactones) is 2. The van der Waals surface area contributed by atoms with Gasteiger partial charge in [0.25, 0.3) is 0 Å². The summed E-state index contributed by atoms with van der Waals surface area (Å²) in [6, 6.07) is 0. The lowest BCUT2D eigenvalue weighted by molar-refractivity contribution is -0.138. The third kappa shape index (κ3) is 1.75. The van der Waals surface area contributed by atoms with Crippen LogP contribution in [0.5, 0.6) is 0 Å². The molecule has 0 fully saturated rings. The van der Waals surface area contributed by atoms with Gasteiger partial charge >= 0.3 is 18.2 Å². The Balaban J connectivity index is 2.41. The van der Waals surface area contributed by atoms with Crippen LogP contribution in [-0.2, 0) is 9.53 Å². The van der Waals surface area contributed by atoms with E-state index in [2.05, 4.69) is 9.73 Å². The molecule has 0 saturated carbocycles. The van der Waals surface area contributed by atoms with Gasteiger partial charge in [0, 0.05) is 0 Å². The van der Waals surface area contributed by atoms with E-state index < -0.39 is 29.7 Å². The minimum absolute atomic E-state index is 0.240. The number of carbonyl (C=O) groups is 2. The second kappa shape index (κ2) is 3.29. The Morgan fingerprint density at radius 1 is 1.31 bits per heavy atom. The summed E-state index contributed by atoms with van der Waals surface area (Å²) < 4.78 is 41.1. The highest BCUT2D eigenvalue weighted by atomic mass is 19.4. The molecule has 0 bridgehead atoms. The fourth-order valence-corrected chi connectivity index (χ4v) is 1.35. The maximum Gasteiger partial charge on any atom is 0.441 e. The first-order valence-electron chi connectivity index (χ1n) is 4.19. The van der Waals surface area contributed by atoms with Crippen LogP contribution in [0.15, 0.2) is 28.8 Å². The zero-order valence-corrected chi connectivity index (χ0v) is 7.62. The molecule has 0 N–H and O–H groups in total. The summed E-state index contributed by atoms with van der Waals surface area (Å²) in [4.78, 5) is 25.1. The lowest BCUT2D eigenvalue weighted by atomic mass is 9.94. The van der Waals surface area contributed by atoms with E-state index in [0.717, 1.165) is 12.2 Å². The number of amides is 1. The maximum absolute atomic E-state index is 12.3. The van der Waals surface area contributed by atoms with Crippen molar-refractivity contribution in [1.82, 2.24) is 0 Å². The maximum atomic E-state index is 12.3. The molecule has 7 heteroatoms. The fraction of sp³-hybridized carbons (Fsp3) is 0.222. The molecule has 2 rings (SSSR count). The molecule has 1 amide bonds. The van der Waals surface area contributed by atoms with Gasteiger partial charge in [0.1, 0.15) is 5.92 Å². The normalized spacial score (nSPS) is 24.6. The lowest BCUT2D eigenvalue weighted by Crippen LogP contribution is -2.33. The Morgan fingerprint density at radius 2 is 2.00 bits per heavy atom. The molecule has 0 aromatic carbocycles. The molecule has 84 valence electrons. The van der Waals surface area contributed by atoms with Crippen LogP contribution in [0.25, 0.3) is 0 Å². The van der Waals surface area contributed by atoms with Crippen LogP contribution in [0.4, 0.5) is 18.0 Å². The third-order valence-electron chi connectivity index (χ3n) is 2.08. The number of carbonyl (C=O) groups excluding carboxylic acids is 2. The molecule has 0 spiro atoms. The van der Waals surface area contributed by atoms with Crippen molar-refractivity contribution in [2.75, 3.05) is 0 Å². The number of alkyl halides is 3. The van der Waals surface area contributed by atoms with Gasteiger partial charge < -0.3 is 4.74 Å². The minimum Gasteiger partial charge on any atom is -0.374 e. The number of hydrogen-bond acceptors (Lipinski definition) is 3. The summed E-state index contributed by atoms with van der Waals surface area (Å²) in [5, 5.41) is 0. The molecule has 1 atom stereocenters. The number of allylic oxidation sites excluding steroid dienone is 3. The molecule has 2 aliphatic rings. The highest BCUT2D eigenvalue weighted by Gasteiger charge is 2.38. The van der Waals surface area contributed by atoms with E-state index in [-0.39, 0.29) is 5.71 Å². The zero-order valence-electron chi connectivity index (χ0n) is 7.62. The highest BCUT2D eigenvalue weighted by molar-refractivity contribution is 6.18. The van der Waals surface area contributed by atoms with E-state index in [1.165, 1.54) is 0 Å². The Hall–Kier alpha value is -1.92. The van der Waals surface area contributed by atoms with Gasteiger partial charge in [-0.1, -0.05) is 12.2 Å². The molecular weight excluding hydrogens is 227 g/mol. The minimum atomic E-state index is -4.53. The molecule has 0 saturated heterocycles. The monoisotopic (exact) mass is 231 g/mol. The van der Waals surface area contributed by atoms with Crippen LogP contribution in [0.1, 0.15) is 0 Å². The topological polar surface area (TPSA) is 55.7 Å². The van der Waals surface area contributed by atoms with Gasteiger partial charge in [0.15, 0.2) is 0 Å². The largest absolute Gasteiger partial charge is 0.441 e. The second-order valence-electron chi connectivity index (χ2n) is 3.16. The van der Waals surface area contributed by atoms with E-state index in [9.17, 15) is 22.8 Å². The average molecular weight is 231 g/mol. The Morgan fingerprint density at radius 3 is 2.62 bits per heavy atom. The summed E-state index contributed by atoms with van der Waals surface area (Å²) >= 11 is 0. The van der Waals surface area contributed by atoms with Gasteiger partial charge in [-0.2, -0.15) is 18.2 Å². The predicted molar refractivity (Wildman–Crippen MR) is 45.7 cm³/mol. The van der Waals surface area contributed by atoms with E-state index in [1.54, 1.807) is 0 Å². The Kier molecular flexibility index (Phi) is 2.18. The van der Waals surface area contributed by atoms with Gasteiger partial charge in [-0.15, -0.1) is 0 Å². The van der Waals surface area contributed by atoms with Crippen LogP contribution in [0.3, 0.4) is 0 Å². The van der Waals surface area contributed by atoms with E-state index in [0.29, 0.717) is 6.08 Å². The molecule has 0 aromatic heterocycles. The Labute approximate surface area is 87.1 Å². The van der Waals surface area contributed by atoms with Crippen molar-refractivity contribution in [2.24, 2.45) is 10.9 Å². The number of rotatable bonds is 0. The van der Waals surface area contributed by atoms with Crippen molar-refractivity contribution in [3.63, 3.8) is 0 Å². The molecular formula is C9H4F3NO3. The van der Waals surface area contributed by atoms with Crippen LogP contribution in [0, 0.1) is 5.92 Å². The zero-order chi connectivity index (χ0) is 11.9. The first-order chi connectivity index (χ1) is 7.38. The van der Waals surface area contributed by atoms with E-state index in [4.69, 9.17) is 0 Å². The third-order valence-corrected chi connectivity index (χ3v) is 2.08. The quantitative estimate of drug-likeness (QED) is 0.471. The summed E-state index contributed by atoms with van der Waals surface area (Å²) in [6.07, 6.45) is -3.28. The number of hydrogen-bond donors (Lipinski definition) is 0. The van der Waals surface area contributed by atoms with Crippen molar-refractivity contribution in [3.8, 4) is 0 Å². The molecule has 1 unspecified atom stereocenters. The summed E-state index contributed by atoms with van der Waals surface area (Å²) in [7, 11) is 0. The van der Waals surface area contributed by atoms with Crippen LogP contribution < -0.4 is 0 Å². The standard InChI is InChI=1S/C9H4F3NO3/c10-9(11,12)4-1-2-5-6(3-4)13-8(15)16-7(5)14/h1-3,5H. The summed E-state index contributed by atoms with van der Waals surface area (Å²) in [5.41, 5.74) is -1.19. The van der Waals surface area contributed by atoms with Gasteiger partial charge in [-0.3, -0.25) is 4.79 Å². The summed E-state index contributed by atoms with van der Waals surface area (Å²) in [6.45, 7) is 0. The van der Waals surface area contributed by atoms with Gasteiger partial charge in [-0.05, 0) is 6.08 Å². The van der Waals surface area contributed by atoms with E-state index >= 15 is 0 Å².